The molecule has 0 bridgehead atoms. The van der Waals surface area contributed by atoms with Gasteiger partial charge < -0.3 is 4.57 Å². The van der Waals surface area contributed by atoms with Crippen molar-refractivity contribution in [3.8, 4) is 5.69 Å². The molecule has 27 heavy (non-hydrogen) atoms. The van der Waals surface area contributed by atoms with Gasteiger partial charge in [-0.15, -0.1) is 0 Å². The maximum Gasteiger partial charge on any atom is 0.141 e. The Morgan fingerprint density at radius 2 is 1.93 bits per heavy atom. The van der Waals surface area contributed by atoms with E-state index in [1.807, 2.05) is 12.1 Å². The molecule has 0 N–H and O–H groups in total. The van der Waals surface area contributed by atoms with Gasteiger partial charge in [0.05, 0.1) is 16.2 Å². The third-order valence-electron chi connectivity index (χ3n) is 4.57. The van der Waals surface area contributed by atoms with Crippen LogP contribution in [0.1, 0.15) is 17.0 Å². The lowest BCUT2D eigenvalue weighted by Crippen LogP contribution is -1.99. The number of rotatable bonds is 3. The van der Waals surface area contributed by atoms with Crippen molar-refractivity contribution in [2.24, 2.45) is 4.99 Å². The molecule has 0 spiro atoms. The Morgan fingerprint density at radius 3 is 2.74 bits per heavy atom. The lowest BCUT2D eigenvalue weighted by Gasteiger charge is -2.10. The molecule has 0 unspecified atom stereocenters. The molecular weight excluding hydrogens is 361 g/mol. The Labute approximate surface area is 161 Å². The number of nitrogens with zero attached hydrogens (tertiary/aromatic N) is 3. The van der Waals surface area contributed by atoms with Crippen LogP contribution in [0.2, 0.25) is 5.02 Å². The molecule has 3 nitrogen and oxygen atoms in total. The van der Waals surface area contributed by atoms with Gasteiger partial charge in [0.1, 0.15) is 5.82 Å². The molecule has 2 aromatic heterocycles. The number of aryl methyl sites for hydroxylation is 1. The van der Waals surface area contributed by atoms with Gasteiger partial charge >= 0.3 is 0 Å². The fraction of sp³-hybridized carbons (Fsp3) is 0.0909. The van der Waals surface area contributed by atoms with E-state index in [4.69, 9.17) is 11.6 Å². The van der Waals surface area contributed by atoms with Gasteiger partial charge in [-0.05, 0) is 62.4 Å². The second-order valence-corrected chi connectivity index (χ2v) is 6.81. The molecule has 0 amide bonds. The molecule has 0 fully saturated rings. The van der Waals surface area contributed by atoms with Gasteiger partial charge in [0.15, 0.2) is 0 Å². The summed E-state index contributed by atoms with van der Waals surface area (Å²) in [6.45, 7) is 4.12. The van der Waals surface area contributed by atoms with Crippen molar-refractivity contribution in [3.05, 3.63) is 88.6 Å². The molecular formula is C22H17ClFN3. The highest BCUT2D eigenvalue weighted by Gasteiger charge is 2.10. The Bertz CT molecular complexity index is 1180. The van der Waals surface area contributed by atoms with Crippen LogP contribution in [-0.4, -0.2) is 15.8 Å². The van der Waals surface area contributed by atoms with Crippen LogP contribution in [0, 0.1) is 19.7 Å². The van der Waals surface area contributed by atoms with Gasteiger partial charge in [-0.25, -0.2) is 4.39 Å². The van der Waals surface area contributed by atoms with Gasteiger partial charge in [0.25, 0.3) is 0 Å². The molecule has 134 valence electrons. The van der Waals surface area contributed by atoms with Crippen molar-refractivity contribution in [3.63, 3.8) is 0 Å². The Balaban J connectivity index is 1.72. The van der Waals surface area contributed by atoms with E-state index in [1.54, 1.807) is 18.5 Å². The predicted molar refractivity (Wildman–Crippen MR) is 109 cm³/mol. The first kappa shape index (κ1) is 17.4. The van der Waals surface area contributed by atoms with Crippen LogP contribution in [-0.2, 0) is 0 Å². The molecule has 0 saturated heterocycles. The summed E-state index contributed by atoms with van der Waals surface area (Å²) in [7, 11) is 0. The maximum atomic E-state index is 13.3. The third kappa shape index (κ3) is 3.36. The molecule has 4 rings (SSSR count). The summed E-state index contributed by atoms with van der Waals surface area (Å²) < 4.78 is 15.5. The van der Waals surface area contributed by atoms with Crippen molar-refractivity contribution in [1.29, 1.82) is 0 Å². The monoisotopic (exact) mass is 377 g/mol. The second kappa shape index (κ2) is 6.97. The molecule has 0 aliphatic heterocycles. The Morgan fingerprint density at radius 1 is 1.07 bits per heavy atom. The summed E-state index contributed by atoms with van der Waals surface area (Å²) in [5, 5.41) is 1.17. The molecule has 5 heteroatoms. The zero-order valence-electron chi connectivity index (χ0n) is 14.9. The molecule has 0 aliphatic carbocycles. The van der Waals surface area contributed by atoms with Crippen molar-refractivity contribution < 1.29 is 4.39 Å². The van der Waals surface area contributed by atoms with E-state index >= 15 is 0 Å². The van der Waals surface area contributed by atoms with Gasteiger partial charge in [0.2, 0.25) is 0 Å². The van der Waals surface area contributed by atoms with Crippen LogP contribution in [0.3, 0.4) is 0 Å². The van der Waals surface area contributed by atoms with Crippen molar-refractivity contribution in [2.45, 2.75) is 13.8 Å². The van der Waals surface area contributed by atoms with E-state index in [2.05, 4.69) is 52.7 Å². The van der Waals surface area contributed by atoms with Gasteiger partial charge in [-0.3, -0.25) is 9.98 Å². The largest absolute Gasteiger partial charge is 0.318 e. The summed E-state index contributed by atoms with van der Waals surface area (Å²) in [6, 6.07) is 16.7. The highest BCUT2D eigenvalue weighted by molar-refractivity contribution is 6.31. The van der Waals surface area contributed by atoms with Gasteiger partial charge in [-0.1, -0.05) is 17.7 Å². The van der Waals surface area contributed by atoms with Crippen LogP contribution >= 0.6 is 11.6 Å². The van der Waals surface area contributed by atoms with E-state index in [0.29, 0.717) is 5.69 Å². The van der Waals surface area contributed by atoms with E-state index in [9.17, 15) is 4.39 Å². The zero-order valence-corrected chi connectivity index (χ0v) is 15.7. The van der Waals surface area contributed by atoms with Gasteiger partial charge in [-0.2, -0.15) is 0 Å². The SMILES string of the molecule is Cc1cc(C=Nc2ccc(F)c(Cl)c2)c(C)n1-c1ccc2ncccc2c1. The zero-order chi connectivity index (χ0) is 19.0. The highest BCUT2D eigenvalue weighted by Crippen LogP contribution is 2.25. The number of benzene rings is 2. The van der Waals surface area contributed by atoms with Crippen LogP contribution in [0.5, 0.6) is 0 Å². The second-order valence-electron chi connectivity index (χ2n) is 6.40. The normalized spacial score (nSPS) is 11.6. The number of hydrogen-bond donors (Lipinski definition) is 0. The van der Waals surface area contributed by atoms with E-state index in [1.165, 1.54) is 12.1 Å². The summed E-state index contributed by atoms with van der Waals surface area (Å²) in [5.41, 5.74) is 5.85. The first-order chi connectivity index (χ1) is 13.0. The minimum Gasteiger partial charge on any atom is -0.318 e. The quantitative estimate of drug-likeness (QED) is 0.392. The van der Waals surface area contributed by atoms with Crippen LogP contribution in [0.15, 0.2) is 65.8 Å². The van der Waals surface area contributed by atoms with Gasteiger partial charge in [0, 0.05) is 40.4 Å². The van der Waals surface area contributed by atoms with Crippen molar-refractivity contribution in [2.75, 3.05) is 0 Å². The van der Waals surface area contributed by atoms with E-state index in [0.717, 1.165) is 33.5 Å². The number of halogens is 2. The minimum absolute atomic E-state index is 0.0693. The highest BCUT2D eigenvalue weighted by atomic mass is 35.5. The fourth-order valence-electron chi connectivity index (χ4n) is 3.23. The number of aliphatic imine (C=N–C) groups is 1. The predicted octanol–water partition coefficient (Wildman–Crippen LogP) is 6.19. The summed E-state index contributed by atoms with van der Waals surface area (Å²) >= 11 is 5.83. The average Bonchev–Trinajstić information content (AvgIpc) is 2.96. The molecule has 2 heterocycles. The minimum atomic E-state index is -0.445. The molecule has 0 radical (unpaired) electrons. The van der Waals surface area contributed by atoms with Crippen LogP contribution < -0.4 is 0 Å². The molecule has 0 saturated carbocycles. The van der Waals surface area contributed by atoms with Crippen molar-refractivity contribution in [1.82, 2.24) is 9.55 Å². The molecule has 0 atom stereocenters. The first-order valence-electron chi connectivity index (χ1n) is 8.56. The first-order valence-corrected chi connectivity index (χ1v) is 8.94. The number of hydrogen-bond acceptors (Lipinski definition) is 2. The Hall–Kier alpha value is -2.98. The Kier molecular flexibility index (Phi) is 4.50. The topological polar surface area (TPSA) is 30.2 Å². The van der Waals surface area contributed by atoms with E-state index in [-0.39, 0.29) is 5.02 Å². The lowest BCUT2D eigenvalue weighted by atomic mass is 10.2. The summed E-state index contributed by atoms with van der Waals surface area (Å²) in [5.74, 6) is -0.445. The lowest BCUT2D eigenvalue weighted by molar-refractivity contribution is 0.628. The number of fused-ring (bicyclic) bond motifs is 1. The molecule has 0 aliphatic rings. The van der Waals surface area contributed by atoms with Crippen LogP contribution in [0.25, 0.3) is 16.6 Å². The standard InChI is InChI=1S/C22H17ClFN3/c1-14-10-17(13-26-18-5-7-21(24)20(23)12-18)15(2)27(14)19-6-8-22-16(11-19)4-3-9-25-22/h3-13H,1-2H3. The van der Waals surface area contributed by atoms with E-state index < -0.39 is 5.82 Å². The maximum absolute atomic E-state index is 13.3. The summed E-state index contributed by atoms with van der Waals surface area (Å²) in [4.78, 5) is 8.81. The summed E-state index contributed by atoms with van der Waals surface area (Å²) in [6.07, 6.45) is 3.58. The van der Waals surface area contributed by atoms with Crippen LogP contribution in [0.4, 0.5) is 10.1 Å². The molecule has 4 aromatic rings. The number of aromatic nitrogens is 2. The average molecular weight is 378 g/mol. The third-order valence-corrected chi connectivity index (χ3v) is 4.86. The van der Waals surface area contributed by atoms with Crippen molar-refractivity contribution >= 4 is 34.4 Å². The number of pyridine rings is 1. The fourth-order valence-corrected chi connectivity index (χ4v) is 3.40. The smallest absolute Gasteiger partial charge is 0.141 e. The molecule has 2 aromatic carbocycles.